The van der Waals surface area contributed by atoms with E-state index in [0.29, 0.717) is 11.0 Å². The third-order valence-corrected chi connectivity index (χ3v) is 6.32. The van der Waals surface area contributed by atoms with Crippen LogP contribution in [0, 0.1) is 0 Å². The van der Waals surface area contributed by atoms with Crippen LogP contribution < -0.4 is 15.8 Å². The average molecular weight is 418 g/mol. The first-order chi connectivity index (χ1) is 15.5. The van der Waals surface area contributed by atoms with Crippen LogP contribution in [0.25, 0.3) is 49.2 Å². The Balaban J connectivity index is 1.92. The second-order valence-corrected chi connectivity index (χ2v) is 8.18. The molecule has 0 radical (unpaired) electrons. The molecule has 6 rings (SSSR count). The van der Waals surface area contributed by atoms with Crippen molar-refractivity contribution in [2.75, 3.05) is 0 Å². The van der Waals surface area contributed by atoms with Crippen molar-refractivity contribution in [2.24, 2.45) is 14.1 Å². The number of fused-ring (bicyclic) bond motifs is 5. The molecule has 0 saturated carbocycles. The molecule has 4 aromatic carbocycles. The van der Waals surface area contributed by atoms with Crippen LogP contribution in [0.4, 0.5) is 0 Å². The summed E-state index contributed by atoms with van der Waals surface area (Å²) < 4.78 is 4.75. The van der Waals surface area contributed by atoms with Crippen LogP contribution in [0.15, 0.2) is 94.5 Å². The number of aromatic nitrogens is 3. The van der Waals surface area contributed by atoms with Gasteiger partial charge in [-0.15, -0.1) is 0 Å². The van der Waals surface area contributed by atoms with Crippen LogP contribution in [0.5, 0.6) is 0 Å². The summed E-state index contributed by atoms with van der Waals surface area (Å²) in [5, 5.41) is 5.85. The minimum absolute atomic E-state index is 0.289. The number of rotatable bonds is 1. The van der Waals surface area contributed by atoms with Crippen molar-refractivity contribution >= 4 is 43.5 Å². The molecule has 2 heterocycles. The first kappa shape index (κ1) is 18.5. The molecule has 0 fully saturated rings. The topological polar surface area (TPSA) is 47.9 Å². The molecule has 5 nitrogen and oxygen atoms in total. The smallest absolute Gasteiger partial charge is 0.250 e. The monoisotopic (exact) mass is 418 g/mol. The van der Waals surface area contributed by atoms with Crippen LogP contribution in [-0.4, -0.2) is 9.13 Å². The molecular weight excluding hydrogens is 398 g/mol. The molecular formula is C27H20N3O2+. The predicted octanol–water partition coefficient (Wildman–Crippen LogP) is 3.97. The Labute approximate surface area is 183 Å². The molecule has 0 spiro atoms. The van der Waals surface area contributed by atoms with Gasteiger partial charge >= 0.3 is 11.2 Å². The van der Waals surface area contributed by atoms with Gasteiger partial charge in [0.1, 0.15) is 16.6 Å². The molecule has 0 bridgehead atoms. The van der Waals surface area contributed by atoms with Crippen molar-refractivity contribution in [1.29, 1.82) is 0 Å². The maximum atomic E-state index is 13.3. The second kappa shape index (κ2) is 6.62. The zero-order chi connectivity index (χ0) is 22.0. The lowest BCUT2D eigenvalue weighted by atomic mass is 10.1. The molecule has 0 amide bonds. The number of hydrogen-bond donors (Lipinski definition) is 0. The van der Waals surface area contributed by atoms with Crippen LogP contribution >= 0.6 is 0 Å². The first-order valence-corrected chi connectivity index (χ1v) is 10.5. The maximum Gasteiger partial charge on any atom is 0.445 e. The quantitative estimate of drug-likeness (QED) is 0.379. The van der Waals surface area contributed by atoms with Crippen molar-refractivity contribution in [1.82, 2.24) is 9.13 Å². The van der Waals surface area contributed by atoms with Gasteiger partial charge in [-0.25, -0.2) is 14.2 Å². The fraction of sp³-hybridized carbons (Fsp3) is 0.0741. The second-order valence-electron chi connectivity index (χ2n) is 8.18. The molecule has 5 heteroatoms. The van der Waals surface area contributed by atoms with Crippen LogP contribution in [-0.2, 0) is 14.1 Å². The first-order valence-electron chi connectivity index (χ1n) is 10.5. The summed E-state index contributed by atoms with van der Waals surface area (Å²) in [6, 6.07) is 28.7. The number of benzene rings is 3. The normalized spacial score (nSPS) is 11.7. The minimum atomic E-state index is -0.345. The zero-order valence-corrected chi connectivity index (χ0v) is 17.7. The molecule has 32 heavy (non-hydrogen) atoms. The summed E-state index contributed by atoms with van der Waals surface area (Å²) >= 11 is 0. The number of aryl methyl sites for hydroxylation is 1. The highest BCUT2D eigenvalue weighted by atomic mass is 16.2. The van der Waals surface area contributed by atoms with Gasteiger partial charge in [0.05, 0.1) is 14.1 Å². The fourth-order valence-corrected chi connectivity index (χ4v) is 4.71. The standard InChI is InChI=1S/C27H20N3O2/c1-28-25-24(26(31)29(2)27(28)32)22-13-12-19-14-17-8-6-7-9-18(17)15-20(19)16-23(22)30(25)21-10-4-3-5-11-21/h3-16H,1-2H3/q+1. The Bertz CT molecular complexity index is 1830. The van der Waals surface area contributed by atoms with Gasteiger partial charge < -0.3 is 0 Å². The highest BCUT2D eigenvalue weighted by Gasteiger charge is 2.26. The number of nitrogens with zero attached hydrogens (tertiary/aromatic N) is 3. The maximum absolute atomic E-state index is 13.3. The van der Waals surface area contributed by atoms with Gasteiger partial charge in [0.2, 0.25) is 0 Å². The van der Waals surface area contributed by atoms with Gasteiger partial charge in [0, 0.05) is 5.39 Å². The molecule has 0 N–H and O–H groups in total. The lowest BCUT2D eigenvalue weighted by molar-refractivity contribution is -0.667. The summed E-state index contributed by atoms with van der Waals surface area (Å²) in [6.45, 7) is 0. The Morgan fingerprint density at radius 3 is 2.06 bits per heavy atom. The molecule has 154 valence electrons. The Hall–Kier alpha value is -4.25. The van der Waals surface area contributed by atoms with Crippen molar-refractivity contribution in [3.05, 3.63) is 106 Å². The van der Waals surface area contributed by atoms with E-state index in [1.54, 1.807) is 11.6 Å². The SMILES string of the molecule is Cn1c(=O)c2c3ccc4cc5ccccc5cc4cc3n(-c3ccccc3)c2[n+](C)c1=O. The van der Waals surface area contributed by atoms with E-state index in [1.165, 1.54) is 17.0 Å². The van der Waals surface area contributed by atoms with Gasteiger partial charge in [-0.2, -0.15) is 9.13 Å². The minimum Gasteiger partial charge on any atom is -0.250 e. The molecule has 6 aromatic rings. The van der Waals surface area contributed by atoms with E-state index in [2.05, 4.69) is 36.4 Å². The van der Waals surface area contributed by atoms with Gasteiger partial charge in [0.25, 0.3) is 5.65 Å². The number of para-hydroxylation sites is 1. The molecule has 0 aliphatic rings. The molecule has 2 aromatic heterocycles. The predicted molar refractivity (Wildman–Crippen MR) is 128 cm³/mol. The van der Waals surface area contributed by atoms with E-state index in [1.807, 2.05) is 53.1 Å². The average Bonchev–Trinajstić information content (AvgIpc) is 3.03. The van der Waals surface area contributed by atoms with E-state index in [0.717, 1.165) is 32.7 Å². The van der Waals surface area contributed by atoms with E-state index in [9.17, 15) is 9.59 Å². The largest absolute Gasteiger partial charge is 0.445 e. The zero-order valence-electron chi connectivity index (χ0n) is 17.7. The lowest BCUT2D eigenvalue weighted by Crippen LogP contribution is -2.55. The van der Waals surface area contributed by atoms with Gasteiger partial charge in [-0.1, -0.05) is 48.5 Å². The molecule has 0 atom stereocenters. The highest BCUT2D eigenvalue weighted by molar-refractivity contribution is 6.10. The summed E-state index contributed by atoms with van der Waals surface area (Å²) in [5.74, 6) is 0. The lowest BCUT2D eigenvalue weighted by Gasteiger charge is -2.04. The van der Waals surface area contributed by atoms with E-state index in [4.69, 9.17) is 0 Å². The van der Waals surface area contributed by atoms with E-state index >= 15 is 0 Å². The summed E-state index contributed by atoms with van der Waals surface area (Å²) in [4.78, 5) is 26.1. The fourth-order valence-electron chi connectivity index (χ4n) is 4.71. The third kappa shape index (κ3) is 2.48. The van der Waals surface area contributed by atoms with Gasteiger partial charge in [-0.05, 0) is 57.9 Å². The molecule has 0 aliphatic carbocycles. The Kier molecular flexibility index (Phi) is 3.83. The Morgan fingerprint density at radius 1 is 0.719 bits per heavy atom. The number of hydrogen-bond acceptors (Lipinski definition) is 2. The van der Waals surface area contributed by atoms with E-state index in [-0.39, 0.29) is 11.2 Å². The van der Waals surface area contributed by atoms with Crippen LogP contribution in [0.1, 0.15) is 0 Å². The third-order valence-electron chi connectivity index (χ3n) is 6.32. The van der Waals surface area contributed by atoms with Crippen molar-refractivity contribution in [3.63, 3.8) is 0 Å². The molecule has 0 aliphatic heterocycles. The van der Waals surface area contributed by atoms with Crippen molar-refractivity contribution < 1.29 is 4.57 Å². The van der Waals surface area contributed by atoms with Crippen LogP contribution in [0.3, 0.4) is 0 Å². The summed E-state index contributed by atoms with van der Waals surface area (Å²) in [7, 11) is 3.25. The summed E-state index contributed by atoms with van der Waals surface area (Å²) in [6.07, 6.45) is 0. The van der Waals surface area contributed by atoms with Gasteiger partial charge in [-0.3, -0.25) is 0 Å². The molecule has 0 saturated heterocycles. The van der Waals surface area contributed by atoms with Crippen molar-refractivity contribution in [3.8, 4) is 5.69 Å². The Morgan fingerprint density at radius 2 is 1.34 bits per heavy atom. The molecule has 0 unspecified atom stereocenters. The summed E-state index contributed by atoms with van der Waals surface area (Å²) in [5.41, 5.74) is 1.75. The highest BCUT2D eigenvalue weighted by Crippen LogP contribution is 2.31. The van der Waals surface area contributed by atoms with Crippen molar-refractivity contribution in [2.45, 2.75) is 0 Å². The van der Waals surface area contributed by atoms with E-state index < -0.39 is 0 Å². The van der Waals surface area contributed by atoms with Crippen LogP contribution in [0.2, 0.25) is 0 Å². The van der Waals surface area contributed by atoms with Gasteiger partial charge in [0.15, 0.2) is 0 Å².